The van der Waals surface area contributed by atoms with Gasteiger partial charge in [0.05, 0.1) is 12.8 Å². The van der Waals surface area contributed by atoms with Gasteiger partial charge in [-0.15, -0.1) is 0 Å². The molecule has 3 rings (SSSR count). The molecule has 0 saturated carbocycles. The van der Waals surface area contributed by atoms with Crippen LogP contribution in [0.25, 0.3) is 0 Å². The van der Waals surface area contributed by atoms with Crippen LogP contribution in [0.1, 0.15) is 50.6 Å². The third-order valence-corrected chi connectivity index (χ3v) is 4.14. The number of carboxylic acids is 1. The molecule has 0 fully saturated rings. The van der Waals surface area contributed by atoms with E-state index in [1.54, 1.807) is 31.2 Å². The summed E-state index contributed by atoms with van der Waals surface area (Å²) >= 11 is 0. The number of amides is 1. The van der Waals surface area contributed by atoms with Crippen LogP contribution in [0.4, 0.5) is 0 Å². The summed E-state index contributed by atoms with van der Waals surface area (Å²) in [6, 6.07) is 6.72. The van der Waals surface area contributed by atoms with Crippen molar-refractivity contribution in [2.45, 2.75) is 26.2 Å². The normalized spacial score (nSPS) is 14.3. The molecule has 0 aliphatic heterocycles. The Bertz CT molecular complexity index is 872. The topological polar surface area (TPSA) is 104 Å². The Labute approximate surface area is 193 Å². The number of carbonyl (C=O) groups is 2. The standard InChI is InChI=1S/C18H18N2O5.K/c1-10-15-13(7-4-8-14(15)25-16(10)18(22)23)19-20-17(21)11-5-3-6-12(9-11)24-2;/h3,5-6,9H,4,7-8H2,1-2H3,(H,20,21)(H,22,23);/q;+1/p-1/b19-13+;. The second-order valence-corrected chi connectivity index (χ2v) is 5.73. The maximum absolute atomic E-state index is 12.3. The first kappa shape index (κ1) is 20.9. The van der Waals surface area contributed by atoms with Crippen molar-refractivity contribution in [3.63, 3.8) is 0 Å². The van der Waals surface area contributed by atoms with Crippen LogP contribution >= 0.6 is 0 Å². The molecule has 1 aliphatic carbocycles. The third-order valence-electron chi connectivity index (χ3n) is 4.14. The number of carboxylic acid groups (broad SMARTS) is 1. The van der Waals surface area contributed by atoms with Crippen molar-refractivity contribution in [3.8, 4) is 5.75 Å². The molecule has 1 heterocycles. The van der Waals surface area contributed by atoms with Crippen LogP contribution in [0.5, 0.6) is 5.75 Å². The number of ether oxygens (including phenoxy) is 1. The predicted molar refractivity (Wildman–Crippen MR) is 87.7 cm³/mol. The molecule has 26 heavy (non-hydrogen) atoms. The van der Waals surface area contributed by atoms with E-state index >= 15 is 0 Å². The van der Waals surface area contributed by atoms with Gasteiger partial charge in [0.15, 0.2) is 5.76 Å². The molecule has 0 bridgehead atoms. The van der Waals surface area contributed by atoms with Crippen LogP contribution < -0.4 is 66.7 Å². The molecular weight excluding hydrogens is 363 g/mol. The molecule has 7 nitrogen and oxygen atoms in total. The van der Waals surface area contributed by atoms with Crippen LogP contribution in [0.2, 0.25) is 0 Å². The quantitative estimate of drug-likeness (QED) is 0.510. The van der Waals surface area contributed by atoms with Gasteiger partial charge in [-0.2, -0.15) is 5.10 Å². The molecule has 1 N–H and O–H groups in total. The van der Waals surface area contributed by atoms with E-state index < -0.39 is 5.97 Å². The van der Waals surface area contributed by atoms with Gasteiger partial charge in [0.25, 0.3) is 5.91 Å². The van der Waals surface area contributed by atoms with E-state index in [1.165, 1.54) is 7.11 Å². The average molecular weight is 380 g/mol. The first-order valence-corrected chi connectivity index (χ1v) is 7.86. The molecular formula is C18H17KN2O5. The fraction of sp³-hybridized carbons (Fsp3) is 0.278. The summed E-state index contributed by atoms with van der Waals surface area (Å²) in [6.07, 6.45) is 2.02. The van der Waals surface area contributed by atoms with Crippen molar-refractivity contribution < 1.29 is 75.2 Å². The van der Waals surface area contributed by atoms with Gasteiger partial charge >= 0.3 is 51.4 Å². The minimum Gasteiger partial charge on any atom is -0.542 e. The maximum atomic E-state index is 12.3. The number of aromatic carboxylic acids is 1. The zero-order valence-corrected chi connectivity index (χ0v) is 18.0. The molecule has 2 aromatic rings. The van der Waals surface area contributed by atoms with E-state index in [1.807, 2.05) is 0 Å². The van der Waals surface area contributed by atoms with Gasteiger partial charge < -0.3 is 19.1 Å². The number of nitrogens with one attached hydrogen (secondary N) is 1. The van der Waals surface area contributed by atoms with Crippen LogP contribution in [-0.4, -0.2) is 24.7 Å². The number of aryl methyl sites for hydroxylation is 1. The molecule has 0 unspecified atom stereocenters. The molecule has 1 amide bonds. The van der Waals surface area contributed by atoms with Crippen LogP contribution in [0, 0.1) is 6.92 Å². The Hall–Kier alpha value is -1.45. The fourth-order valence-electron chi connectivity index (χ4n) is 2.92. The Balaban J connectivity index is 0.00000243. The maximum Gasteiger partial charge on any atom is 1.00 e. The number of fused-ring (bicyclic) bond motifs is 1. The number of hydrogen-bond acceptors (Lipinski definition) is 6. The molecule has 1 aromatic carbocycles. The third kappa shape index (κ3) is 4.26. The number of furan rings is 1. The summed E-state index contributed by atoms with van der Waals surface area (Å²) in [4.78, 5) is 23.4. The molecule has 0 radical (unpaired) electrons. The van der Waals surface area contributed by atoms with E-state index in [4.69, 9.17) is 9.15 Å². The summed E-state index contributed by atoms with van der Waals surface area (Å²) in [5.74, 6) is -0.771. The first-order chi connectivity index (χ1) is 12.0. The SMILES string of the molecule is COc1cccc(C(=O)N/N=C2\CCCc3oc(C(=O)[O-])c(C)c32)c1.[K+]. The summed E-state index contributed by atoms with van der Waals surface area (Å²) in [5.41, 5.74) is 4.66. The van der Waals surface area contributed by atoms with Crippen molar-refractivity contribution in [2.24, 2.45) is 5.10 Å². The van der Waals surface area contributed by atoms with Crippen LogP contribution in [0.3, 0.4) is 0 Å². The molecule has 0 spiro atoms. The minimum atomic E-state index is -1.35. The second kappa shape index (κ2) is 8.96. The number of benzene rings is 1. The van der Waals surface area contributed by atoms with E-state index in [2.05, 4.69) is 10.5 Å². The van der Waals surface area contributed by atoms with E-state index in [9.17, 15) is 14.7 Å². The summed E-state index contributed by atoms with van der Waals surface area (Å²) < 4.78 is 10.5. The Morgan fingerprint density at radius 3 is 2.77 bits per heavy atom. The van der Waals surface area contributed by atoms with Gasteiger partial charge in [0.1, 0.15) is 17.5 Å². The van der Waals surface area contributed by atoms with Crippen molar-refractivity contribution in [1.82, 2.24) is 5.43 Å². The first-order valence-electron chi connectivity index (χ1n) is 7.86. The molecule has 130 valence electrons. The van der Waals surface area contributed by atoms with Gasteiger partial charge in [0.2, 0.25) is 0 Å². The smallest absolute Gasteiger partial charge is 0.542 e. The minimum absolute atomic E-state index is 0. The Morgan fingerprint density at radius 2 is 2.08 bits per heavy atom. The van der Waals surface area contributed by atoms with E-state index in [0.29, 0.717) is 46.8 Å². The van der Waals surface area contributed by atoms with Crippen molar-refractivity contribution in [2.75, 3.05) is 7.11 Å². The number of hydrazone groups is 1. The number of methoxy groups -OCH3 is 1. The monoisotopic (exact) mass is 380 g/mol. The largest absolute Gasteiger partial charge is 1.00 e. The van der Waals surface area contributed by atoms with E-state index in [-0.39, 0.29) is 63.1 Å². The second-order valence-electron chi connectivity index (χ2n) is 5.73. The molecule has 8 heteroatoms. The summed E-state index contributed by atoms with van der Waals surface area (Å²) in [6.45, 7) is 1.65. The number of nitrogens with zero attached hydrogens (tertiary/aromatic N) is 1. The Kier molecular flexibility index (Phi) is 7.19. The van der Waals surface area contributed by atoms with E-state index in [0.717, 1.165) is 6.42 Å². The van der Waals surface area contributed by atoms with Gasteiger partial charge in [-0.25, -0.2) is 5.43 Å². The molecule has 1 aliphatic rings. The predicted octanol–water partition coefficient (Wildman–Crippen LogP) is -1.57. The number of carbonyl (C=O) groups excluding carboxylic acids is 2. The summed E-state index contributed by atoms with van der Waals surface area (Å²) in [5, 5.41) is 15.3. The molecule has 0 atom stereocenters. The number of rotatable bonds is 4. The van der Waals surface area contributed by atoms with Gasteiger partial charge in [-0.3, -0.25) is 4.79 Å². The van der Waals surface area contributed by atoms with Gasteiger partial charge in [-0.1, -0.05) is 6.07 Å². The van der Waals surface area contributed by atoms with Gasteiger partial charge in [0, 0.05) is 23.1 Å². The van der Waals surface area contributed by atoms with Crippen molar-refractivity contribution >= 4 is 17.6 Å². The van der Waals surface area contributed by atoms with Crippen LogP contribution in [0.15, 0.2) is 33.8 Å². The average Bonchev–Trinajstić information content (AvgIpc) is 2.97. The van der Waals surface area contributed by atoms with Crippen molar-refractivity contribution in [3.05, 3.63) is 52.5 Å². The molecule has 1 aromatic heterocycles. The zero-order chi connectivity index (χ0) is 18.0. The van der Waals surface area contributed by atoms with Crippen molar-refractivity contribution in [1.29, 1.82) is 0 Å². The van der Waals surface area contributed by atoms with Crippen LogP contribution in [-0.2, 0) is 6.42 Å². The summed E-state index contributed by atoms with van der Waals surface area (Å²) in [7, 11) is 1.53. The fourth-order valence-corrected chi connectivity index (χ4v) is 2.92. The van der Waals surface area contributed by atoms with Gasteiger partial charge in [-0.05, 0) is 38.0 Å². The number of hydrogen-bond donors (Lipinski definition) is 1. The zero-order valence-electron chi connectivity index (χ0n) is 14.9. The molecule has 0 saturated heterocycles. The Morgan fingerprint density at radius 1 is 1.31 bits per heavy atom.